The van der Waals surface area contributed by atoms with Crippen molar-refractivity contribution in [3.63, 3.8) is 0 Å². The summed E-state index contributed by atoms with van der Waals surface area (Å²) in [6, 6.07) is 8.64. The lowest BCUT2D eigenvalue weighted by Crippen LogP contribution is -2.36. The van der Waals surface area contributed by atoms with E-state index in [1.165, 1.54) is 6.07 Å². The summed E-state index contributed by atoms with van der Waals surface area (Å²) in [6.45, 7) is 0.819. The van der Waals surface area contributed by atoms with Crippen molar-refractivity contribution in [3.05, 3.63) is 59.9 Å². The SMILES string of the molecule is CN=C(NCc1ccccn1)NCc1ncccc1F.I. The number of nitrogens with zero attached hydrogens (tertiary/aromatic N) is 3. The summed E-state index contributed by atoms with van der Waals surface area (Å²) in [7, 11) is 1.66. The monoisotopic (exact) mass is 401 g/mol. The van der Waals surface area contributed by atoms with Crippen molar-refractivity contribution >= 4 is 29.9 Å². The van der Waals surface area contributed by atoms with Gasteiger partial charge in [-0.3, -0.25) is 15.0 Å². The summed E-state index contributed by atoms with van der Waals surface area (Å²) < 4.78 is 13.4. The lowest BCUT2D eigenvalue weighted by molar-refractivity contribution is 0.592. The maximum atomic E-state index is 13.4. The third-order valence-electron chi connectivity index (χ3n) is 2.64. The van der Waals surface area contributed by atoms with E-state index in [1.54, 1.807) is 25.5 Å². The summed E-state index contributed by atoms with van der Waals surface area (Å²) in [5.41, 5.74) is 1.26. The second-order valence-corrected chi connectivity index (χ2v) is 4.03. The maximum Gasteiger partial charge on any atom is 0.191 e. The van der Waals surface area contributed by atoms with Crippen molar-refractivity contribution in [2.45, 2.75) is 13.1 Å². The summed E-state index contributed by atoms with van der Waals surface area (Å²) in [5.74, 6) is 0.237. The molecule has 5 nitrogen and oxygen atoms in total. The molecule has 2 N–H and O–H groups in total. The van der Waals surface area contributed by atoms with Crippen molar-refractivity contribution in [2.75, 3.05) is 7.05 Å². The first-order valence-electron chi connectivity index (χ1n) is 6.23. The molecule has 7 heteroatoms. The van der Waals surface area contributed by atoms with Crippen LogP contribution >= 0.6 is 24.0 Å². The average Bonchev–Trinajstić information content (AvgIpc) is 2.50. The smallest absolute Gasteiger partial charge is 0.191 e. The molecule has 0 fully saturated rings. The number of aromatic nitrogens is 2. The Kier molecular flexibility index (Phi) is 7.59. The molecule has 2 aromatic heterocycles. The number of halogens is 2. The highest BCUT2D eigenvalue weighted by Gasteiger charge is 2.04. The molecule has 2 aromatic rings. The molecule has 0 radical (unpaired) electrons. The van der Waals surface area contributed by atoms with Crippen molar-refractivity contribution < 1.29 is 4.39 Å². The molecule has 0 aliphatic heterocycles. The highest BCUT2D eigenvalue weighted by atomic mass is 127. The van der Waals surface area contributed by atoms with Crippen LogP contribution in [0.2, 0.25) is 0 Å². The zero-order chi connectivity index (χ0) is 14.2. The van der Waals surface area contributed by atoms with Gasteiger partial charge >= 0.3 is 0 Å². The number of aliphatic imine (C=N–C) groups is 1. The van der Waals surface area contributed by atoms with Crippen LogP contribution in [0.1, 0.15) is 11.4 Å². The van der Waals surface area contributed by atoms with E-state index in [1.807, 2.05) is 18.2 Å². The van der Waals surface area contributed by atoms with Crippen LogP contribution in [-0.4, -0.2) is 23.0 Å². The van der Waals surface area contributed by atoms with Crippen LogP contribution in [0.15, 0.2) is 47.7 Å². The first-order valence-corrected chi connectivity index (χ1v) is 6.23. The van der Waals surface area contributed by atoms with Crippen LogP contribution < -0.4 is 10.6 Å². The molecule has 0 aliphatic carbocycles. The number of pyridine rings is 2. The van der Waals surface area contributed by atoms with Gasteiger partial charge in [-0.2, -0.15) is 0 Å². The van der Waals surface area contributed by atoms with Gasteiger partial charge in [0.05, 0.1) is 24.5 Å². The van der Waals surface area contributed by atoms with E-state index in [-0.39, 0.29) is 36.3 Å². The highest BCUT2D eigenvalue weighted by Crippen LogP contribution is 2.01. The van der Waals surface area contributed by atoms with Gasteiger partial charge in [-0.1, -0.05) is 6.07 Å². The maximum absolute atomic E-state index is 13.4. The standard InChI is InChI=1S/C14H16FN5.HI/c1-16-14(19-9-11-5-2-3-7-17-11)20-10-13-12(15)6-4-8-18-13;/h2-8H,9-10H2,1H3,(H2,16,19,20);1H. The van der Waals surface area contributed by atoms with Crippen LogP contribution in [0.5, 0.6) is 0 Å². The second kappa shape index (κ2) is 9.22. The Bertz CT molecular complexity index is 577. The first kappa shape index (κ1) is 17.3. The molecule has 0 aliphatic rings. The minimum Gasteiger partial charge on any atom is -0.351 e. The fraction of sp³-hybridized carbons (Fsp3) is 0.214. The second-order valence-electron chi connectivity index (χ2n) is 4.03. The van der Waals surface area contributed by atoms with Crippen molar-refractivity contribution in [3.8, 4) is 0 Å². The fourth-order valence-electron chi connectivity index (χ4n) is 1.61. The quantitative estimate of drug-likeness (QED) is 0.468. The van der Waals surface area contributed by atoms with E-state index < -0.39 is 0 Å². The van der Waals surface area contributed by atoms with Crippen LogP contribution in [0.4, 0.5) is 4.39 Å². The predicted molar refractivity (Wildman–Crippen MR) is 90.9 cm³/mol. The van der Waals surface area contributed by atoms with Crippen molar-refractivity contribution in [1.29, 1.82) is 0 Å². The Morgan fingerprint density at radius 3 is 2.52 bits per heavy atom. The summed E-state index contributed by atoms with van der Waals surface area (Å²) in [4.78, 5) is 12.2. The fourth-order valence-corrected chi connectivity index (χ4v) is 1.61. The summed E-state index contributed by atoms with van der Waals surface area (Å²) in [5, 5.41) is 6.11. The average molecular weight is 401 g/mol. The molecule has 0 saturated carbocycles. The number of hydrogen-bond donors (Lipinski definition) is 2. The molecule has 112 valence electrons. The van der Waals surface area contributed by atoms with E-state index in [0.717, 1.165) is 5.69 Å². The molecule has 0 bridgehead atoms. The molecule has 2 heterocycles. The Morgan fingerprint density at radius 1 is 1.10 bits per heavy atom. The molecule has 0 spiro atoms. The number of hydrogen-bond acceptors (Lipinski definition) is 3. The number of rotatable bonds is 4. The normalized spacial score (nSPS) is 10.7. The van der Waals surface area contributed by atoms with Gasteiger partial charge in [0.1, 0.15) is 5.82 Å². The number of nitrogens with one attached hydrogen (secondary N) is 2. The molecule has 0 unspecified atom stereocenters. The zero-order valence-corrected chi connectivity index (χ0v) is 13.9. The highest BCUT2D eigenvalue weighted by molar-refractivity contribution is 14.0. The van der Waals surface area contributed by atoms with Crippen LogP contribution in [-0.2, 0) is 13.1 Å². The lowest BCUT2D eigenvalue weighted by atomic mass is 10.3. The third-order valence-corrected chi connectivity index (χ3v) is 2.64. The van der Waals surface area contributed by atoms with Gasteiger partial charge in [-0.25, -0.2) is 4.39 Å². The minimum atomic E-state index is -0.333. The predicted octanol–water partition coefficient (Wildman–Crippen LogP) is 2.10. The Morgan fingerprint density at radius 2 is 1.86 bits per heavy atom. The van der Waals surface area contributed by atoms with Crippen molar-refractivity contribution in [1.82, 2.24) is 20.6 Å². The Hall–Kier alpha value is -1.77. The summed E-state index contributed by atoms with van der Waals surface area (Å²) >= 11 is 0. The summed E-state index contributed by atoms with van der Waals surface area (Å²) in [6.07, 6.45) is 3.29. The Labute approximate surface area is 140 Å². The van der Waals surface area contributed by atoms with Gasteiger partial charge in [-0.15, -0.1) is 24.0 Å². The Balaban J connectivity index is 0.00000220. The topological polar surface area (TPSA) is 62.2 Å². The van der Waals surface area contributed by atoms with Gasteiger partial charge in [0.2, 0.25) is 0 Å². The molecule has 0 aromatic carbocycles. The molecule has 21 heavy (non-hydrogen) atoms. The van der Waals surface area contributed by atoms with Gasteiger partial charge < -0.3 is 10.6 Å². The van der Waals surface area contributed by atoms with E-state index in [9.17, 15) is 4.39 Å². The largest absolute Gasteiger partial charge is 0.351 e. The molecule has 0 amide bonds. The van der Waals surface area contributed by atoms with Gasteiger partial charge in [-0.05, 0) is 24.3 Å². The van der Waals surface area contributed by atoms with Crippen molar-refractivity contribution in [2.24, 2.45) is 4.99 Å². The van der Waals surface area contributed by atoms with E-state index in [2.05, 4.69) is 25.6 Å². The first-order chi connectivity index (χ1) is 9.79. The zero-order valence-electron chi connectivity index (χ0n) is 11.6. The molecule has 0 saturated heterocycles. The van der Waals surface area contributed by atoms with Crippen LogP contribution in [0, 0.1) is 5.82 Å². The van der Waals surface area contributed by atoms with Gasteiger partial charge in [0, 0.05) is 19.4 Å². The van der Waals surface area contributed by atoms with E-state index in [0.29, 0.717) is 18.2 Å². The van der Waals surface area contributed by atoms with Crippen LogP contribution in [0.25, 0.3) is 0 Å². The molecular formula is C14H17FIN5. The molecule has 2 rings (SSSR count). The minimum absolute atomic E-state index is 0. The molecular weight excluding hydrogens is 384 g/mol. The lowest BCUT2D eigenvalue weighted by Gasteiger charge is -2.11. The van der Waals surface area contributed by atoms with Crippen LogP contribution in [0.3, 0.4) is 0 Å². The third kappa shape index (κ3) is 5.62. The van der Waals surface area contributed by atoms with Gasteiger partial charge in [0.15, 0.2) is 5.96 Å². The molecule has 0 atom stereocenters. The van der Waals surface area contributed by atoms with E-state index >= 15 is 0 Å². The van der Waals surface area contributed by atoms with E-state index in [4.69, 9.17) is 0 Å². The number of guanidine groups is 1. The van der Waals surface area contributed by atoms with Gasteiger partial charge in [0.25, 0.3) is 0 Å².